The number of benzene rings is 1. The van der Waals surface area contributed by atoms with Crippen LogP contribution in [-0.2, 0) is 16.0 Å². The van der Waals surface area contributed by atoms with Crippen molar-refractivity contribution >= 4 is 17.4 Å². The van der Waals surface area contributed by atoms with E-state index in [2.05, 4.69) is 4.98 Å². The first kappa shape index (κ1) is 12.5. The third kappa shape index (κ3) is 2.59. The summed E-state index contributed by atoms with van der Waals surface area (Å²) in [7, 11) is 0. The minimum atomic E-state index is -0.114. The van der Waals surface area contributed by atoms with Crippen LogP contribution in [0.25, 0.3) is 0 Å². The molecule has 1 aromatic carbocycles. The first-order valence-electron chi connectivity index (χ1n) is 6.52. The van der Waals surface area contributed by atoms with Crippen molar-refractivity contribution in [1.82, 2.24) is 4.98 Å². The maximum atomic E-state index is 11.7. The maximum Gasteiger partial charge on any atom is 0.234 e. The predicted octanol–water partition coefficient (Wildman–Crippen LogP) is 1.98. The maximum absolute atomic E-state index is 11.7. The van der Waals surface area contributed by atoms with Crippen molar-refractivity contribution in [3.05, 3.63) is 59.9 Å². The van der Waals surface area contributed by atoms with Crippen molar-refractivity contribution in [2.75, 3.05) is 11.4 Å². The molecule has 0 saturated carbocycles. The minimum absolute atomic E-state index is 0.0177. The van der Waals surface area contributed by atoms with Crippen LogP contribution in [0, 0.1) is 0 Å². The van der Waals surface area contributed by atoms with Crippen molar-refractivity contribution in [2.24, 2.45) is 0 Å². The minimum Gasteiger partial charge on any atom is -0.305 e. The van der Waals surface area contributed by atoms with Crippen LogP contribution < -0.4 is 4.90 Å². The predicted molar refractivity (Wildman–Crippen MR) is 75.5 cm³/mol. The number of carbonyl (C=O) groups excluding carboxylic acids is 2. The molecule has 4 nitrogen and oxygen atoms in total. The van der Waals surface area contributed by atoms with Gasteiger partial charge in [-0.2, -0.15) is 0 Å². The number of aromatic nitrogens is 1. The van der Waals surface area contributed by atoms with E-state index in [1.807, 2.05) is 36.4 Å². The SMILES string of the molecule is O=C1CC(=O)N(c2ccc(Cc3ccncc3)cc2)C1. The van der Waals surface area contributed by atoms with Gasteiger partial charge < -0.3 is 4.90 Å². The number of Topliss-reactive ketones (excluding diaryl/α,β-unsaturated/α-hetero) is 1. The highest BCUT2D eigenvalue weighted by Gasteiger charge is 2.28. The van der Waals surface area contributed by atoms with Gasteiger partial charge in [0.25, 0.3) is 0 Å². The van der Waals surface area contributed by atoms with E-state index in [4.69, 9.17) is 0 Å². The van der Waals surface area contributed by atoms with E-state index >= 15 is 0 Å². The van der Waals surface area contributed by atoms with Crippen molar-refractivity contribution in [3.8, 4) is 0 Å². The molecule has 1 amide bonds. The molecule has 1 aliphatic heterocycles. The van der Waals surface area contributed by atoms with Gasteiger partial charge in [-0.3, -0.25) is 14.6 Å². The van der Waals surface area contributed by atoms with Gasteiger partial charge in [-0.25, -0.2) is 0 Å². The molecular weight excluding hydrogens is 252 g/mol. The van der Waals surface area contributed by atoms with Gasteiger partial charge in [0.1, 0.15) is 0 Å². The summed E-state index contributed by atoms with van der Waals surface area (Å²) >= 11 is 0. The molecule has 1 fully saturated rings. The average molecular weight is 266 g/mol. The summed E-state index contributed by atoms with van der Waals surface area (Å²) in [6.07, 6.45) is 4.41. The molecule has 100 valence electrons. The van der Waals surface area contributed by atoms with Crippen molar-refractivity contribution in [2.45, 2.75) is 12.8 Å². The highest BCUT2D eigenvalue weighted by atomic mass is 16.2. The van der Waals surface area contributed by atoms with Gasteiger partial charge in [-0.1, -0.05) is 12.1 Å². The zero-order chi connectivity index (χ0) is 13.9. The Balaban J connectivity index is 1.75. The first-order valence-corrected chi connectivity index (χ1v) is 6.52. The number of ketones is 1. The van der Waals surface area contributed by atoms with Crippen LogP contribution in [0.1, 0.15) is 17.5 Å². The Morgan fingerprint density at radius 2 is 1.60 bits per heavy atom. The molecular formula is C16H14N2O2. The number of hydrogen-bond acceptors (Lipinski definition) is 3. The lowest BCUT2D eigenvalue weighted by molar-refractivity contribution is -0.121. The lowest BCUT2D eigenvalue weighted by Crippen LogP contribution is -2.24. The molecule has 3 rings (SSSR count). The third-order valence-corrected chi connectivity index (χ3v) is 3.39. The Bertz CT molecular complexity index is 635. The number of nitrogens with zero attached hydrogens (tertiary/aromatic N) is 2. The smallest absolute Gasteiger partial charge is 0.234 e. The number of amides is 1. The van der Waals surface area contributed by atoms with Crippen LogP contribution in [0.3, 0.4) is 0 Å². The summed E-state index contributed by atoms with van der Waals surface area (Å²) in [6, 6.07) is 11.7. The van der Waals surface area contributed by atoms with Crippen LogP contribution >= 0.6 is 0 Å². The Morgan fingerprint density at radius 1 is 0.950 bits per heavy atom. The molecule has 0 atom stereocenters. The topological polar surface area (TPSA) is 50.3 Å². The Kier molecular flexibility index (Phi) is 3.29. The molecule has 0 unspecified atom stereocenters. The van der Waals surface area contributed by atoms with Crippen LogP contribution in [0.15, 0.2) is 48.8 Å². The number of hydrogen-bond donors (Lipinski definition) is 0. The van der Waals surface area contributed by atoms with Crippen LogP contribution in [0.2, 0.25) is 0 Å². The van der Waals surface area contributed by atoms with Crippen molar-refractivity contribution in [1.29, 1.82) is 0 Å². The molecule has 20 heavy (non-hydrogen) atoms. The largest absolute Gasteiger partial charge is 0.305 e. The Labute approximate surface area is 117 Å². The zero-order valence-electron chi connectivity index (χ0n) is 11.0. The lowest BCUT2D eigenvalue weighted by Gasteiger charge is -2.15. The molecule has 0 N–H and O–H groups in total. The normalized spacial score (nSPS) is 14.9. The van der Waals surface area contributed by atoms with Crippen LogP contribution in [0.4, 0.5) is 5.69 Å². The summed E-state index contributed by atoms with van der Waals surface area (Å²) in [5, 5.41) is 0. The summed E-state index contributed by atoms with van der Waals surface area (Å²) in [5.41, 5.74) is 3.15. The Morgan fingerprint density at radius 3 is 2.20 bits per heavy atom. The highest BCUT2D eigenvalue weighted by molar-refractivity contribution is 6.15. The summed E-state index contributed by atoms with van der Waals surface area (Å²) < 4.78 is 0. The fourth-order valence-electron chi connectivity index (χ4n) is 2.35. The summed E-state index contributed by atoms with van der Waals surface area (Å²) in [6.45, 7) is 0.197. The van der Waals surface area contributed by atoms with Crippen molar-refractivity contribution < 1.29 is 9.59 Å². The van der Waals surface area contributed by atoms with E-state index in [0.717, 1.165) is 17.7 Å². The van der Waals surface area contributed by atoms with E-state index in [1.54, 1.807) is 17.3 Å². The molecule has 0 spiro atoms. The van der Waals surface area contributed by atoms with Gasteiger partial charge >= 0.3 is 0 Å². The number of carbonyl (C=O) groups is 2. The fourth-order valence-corrected chi connectivity index (χ4v) is 2.35. The number of anilines is 1. The second-order valence-corrected chi connectivity index (χ2v) is 4.89. The number of rotatable bonds is 3. The molecule has 0 bridgehead atoms. The second kappa shape index (κ2) is 5.25. The molecule has 2 heterocycles. The lowest BCUT2D eigenvalue weighted by atomic mass is 10.1. The van der Waals surface area contributed by atoms with E-state index in [9.17, 15) is 9.59 Å². The summed E-state index contributed by atoms with van der Waals surface area (Å²) in [4.78, 5) is 28.5. The van der Waals surface area contributed by atoms with E-state index in [1.165, 1.54) is 5.56 Å². The first-order chi connectivity index (χ1) is 9.72. The second-order valence-electron chi connectivity index (χ2n) is 4.89. The highest BCUT2D eigenvalue weighted by Crippen LogP contribution is 2.21. The van der Waals surface area contributed by atoms with Gasteiger partial charge in [-0.05, 0) is 41.8 Å². The monoisotopic (exact) mass is 266 g/mol. The molecule has 2 aromatic rings. The van der Waals surface area contributed by atoms with Gasteiger partial charge in [0.15, 0.2) is 5.78 Å². The molecule has 4 heteroatoms. The number of pyridine rings is 1. The van der Waals surface area contributed by atoms with Gasteiger partial charge in [0, 0.05) is 18.1 Å². The van der Waals surface area contributed by atoms with Crippen LogP contribution in [-0.4, -0.2) is 23.2 Å². The van der Waals surface area contributed by atoms with E-state index in [0.29, 0.717) is 0 Å². The Hall–Kier alpha value is -2.49. The zero-order valence-corrected chi connectivity index (χ0v) is 11.0. The molecule has 0 radical (unpaired) electrons. The van der Waals surface area contributed by atoms with Gasteiger partial charge in [0.05, 0.1) is 13.0 Å². The average Bonchev–Trinajstić information content (AvgIpc) is 2.80. The van der Waals surface area contributed by atoms with E-state index < -0.39 is 0 Å². The fraction of sp³-hybridized carbons (Fsp3) is 0.188. The van der Waals surface area contributed by atoms with Gasteiger partial charge in [0.2, 0.25) is 5.91 Å². The molecule has 1 aliphatic rings. The molecule has 1 aromatic heterocycles. The summed E-state index contributed by atoms with van der Waals surface area (Å²) in [5.74, 6) is -0.132. The molecule has 1 saturated heterocycles. The van der Waals surface area contributed by atoms with E-state index in [-0.39, 0.29) is 24.7 Å². The standard InChI is InChI=1S/C16H14N2O2/c19-15-10-16(20)18(11-15)14-3-1-12(2-4-14)9-13-5-7-17-8-6-13/h1-8H,9-11H2. The van der Waals surface area contributed by atoms with Crippen LogP contribution in [0.5, 0.6) is 0 Å². The third-order valence-electron chi connectivity index (χ3n) is 3.39. The van der Waals surface area contributed by atoms with Crippen molar-refractivity contribution in [3.63, 3.8) is 0 Å². The van der Waals surface area contributed by atoms with Gasteiger partial charge in [-0.15, -0.1) is 0 Å². The quantitative estimate of drug-likeness (QED) is 0.798. The molecule has 0 aliphatic carbocycles.